The fraction of sp³-hybridized carbons (Fsp3) is 0.167. The molecule has 0 unspecified atom stereocenters. The van der Waals surface area contributed by atoms with Crippen molar-refractivity contribution in [3.05, 3.63) is 23.8 Å². The van der Waals surface area contributed by atoms with Crippen LogP contribution in [0.1, 0.15) is 6.42 Å². The Morgan fingerprint density at radius 1 is 1.62 bits per heavy atom. The van der Waals surface area contributed by atoms with E-state index >= 15 is 0 Å². The van der Waals surface area contributed by atoms with E-state index < -0.39 is 0 Å². The molecule has 0 amide bonds. The van der Waals surface area contributed by atoms with Gasteiger partial charge in [0.1, 0.15) is 7.85 Å². The maximum Gasteiger partial charge on any atom is 0.115 e. The molecule has 8 heavy (non-hydrogen) atoms. The maximum atomic E-state index is 5.41. The van der Waals surface area contributed by atoms with Gasteiger partial charge in [0.2, 0.25) is 0 Å². The predicted octanol–water partition coefficient (Wildman–Crippen LogP) is 1.03. The van der Waals surface area contributed by atoms with Crippen LogP contribution in [0.2, 0.25) is 0 Å². The summed E-state index contributed by atoms with van der Waals surface area (Å²) < 4.78 is 0. The van der Waals surface area contributed by atoms with Crippen LogP contribution in [0.4, 0.5) is 0 Å². The molecule has 1 aliphatic heterocycles. The molecule has 0 aromatic rings. The Morgan fingerprint density at radius 2 is 2.50 bits per heavy atom. The first-order valence-electron chi connectivity index (χ1n) is 2.53. The molecule has 2 radical (unpaired) electrons. The van der Waals surface area contributed by atoms with Crippen molar-refractivity contribution >= 4 is 14.1 Å². The van der Waals surface area contributed by atoms with E-state index in [0.717, 1.165) is 11.9 Å². The lowest BCUT2D eigenvalue weighted by Gasteiger charge is -1.81. The highest BCUT2D eigenvalue weighted by atomic mass is 14.7. The monoisotopic (exact) mass is 103 g/mol. The van der Waals surface area contributed by atoms with E-state index in [1.165, 1.54) is 0 Å². The summed E-state index contributed by atoms with van der Waals surface area (Å²) in [6.45, 7) is 0. The van der Waals surface area contributed by atoms with Gasteiger partial charge in [0.05, 0.1) is 0 Å². The minimum absolute atomic E-state index is 0.745. The molecule has 0 saturated heterocycles. The number of aliphatic imine (C=N–C) groups is 1. The first-order chi connectivity index (χ1) is 3.89. The molecule has 0 aliphatic carbocycles. The summed E-state index contributed by atoms with van der Waals surface area (Å²) in [6, 6.07) is 0. The van der Waals surface area contributed by atoms with Crippen LogP contribution in [0.5, 0.6) is 0 Å². The summed E-state index contributed by atoms with van der Waals surface area (Å²) in [6.07, 6.45) is 8.16. The van der Waals surface area contributed by atoms with Crippen molar-refractivity contribution in [3.8, 4) is 0 Å². The van der Waals surface area contributed by atoms with E-state index in [1.807, 2.05) is 12.2 Å². The minimum Gasteiger partial charge on any atom is -0.266 e. The molecule has 0 aromatic heterocycles. The third-order valence-electron chi connectivity index (χ3n) is 0.905. The summed E-state index contributed by atoms with van der Waals surface area (Å²) in [7, 11) is 5.41. The smallest absolute Gasteiger partial charge is 0.115 e. The molecule has 0 atom stereocenters. The predicted molar refractivity (Wildman–Crippen MR) is 36.1 cm³/mol. The zero-order valence-electron chi connectivity index (χ0n) is 4.54. The highest BCUT2D eigenvalue weighted by molar-refractivity contribution is 6.32. The molecule has 38 valence electrons. The van der Waals surface area contributed by atoms with Crippen LogP contribution in [-0.4, -0.2) is 14.1 Å². The Bertz CT molecular complexity index is 153. The molecule has 2 heteroatoms. The third-order valence-corrected chi connectivity index (χ3v) is 0.905. The second-order valence-corrected chi connectivity index (χ2v) is 1.60. The Balaban J connectivity index is 2.69. The van der Waals surface area contributed by atoms with Gasteiger partial charge in [-0.05, 0) is 6.42 Å². The van der Waals surface area contributed by atoms with Gasteiger partial charge in [-0.3, -0.25) is 4.99 Å². The normalized spacial score (nSPS) is 17.8. The van der Waals surface area contributed by atoms with Gasteiger partial charge in [0.15, 0.2) is 0 Å². The molecule has 1 rings (SSSR count). The van der Waals surface area contributed by atoms with E-state index in [0.29, 0.717) is 0 Å². The molecule has 1 nitrogen and oxygen atoms in total. The van der Waals surface area contributed by atoms with E-state index in [-0.39, 0.29) is 0 Å². The topological polar surface area (TPSA) is 12.4 Å². The van der Waals surface area contributed by atoms with Gasteiger partial charge in [0, 0.05) is 12.4 Å². The van der Waals surface area contributed by atoms with Crippen molar-refractivity contribution in [2.75, 3.05) is 0 Å². The SMILES string of the molecule is [B]C1=CCC=CN=C1. The molecule has 0 bridgehead atoms. The first-order valence-corrected chi connectivity index (χ1v) is 2.53. The molecule has 0 fully saturated rings. The fourth-order valence-corrected chi connectivity index (χ4v) is 0.508. The summed E-state index contributed by atoms with van der Waals surface area (Å²) in [5.41, 5.74) is 0.745. The quantitative estimate of drug-likeness (QED) is 0.406. The maximum absolute atomic E-state index is 5.41. The van der Waals surface area contributed by atoms with Crippen LogP contribution >= 0.6 is 0 Å². The van der Waals surface area contributed by atoms with Crippen LogP contribution in [0.25, 0.3) is 0 Å². The fourth-order valence-electron chi connectivity index (χ4n) is 0.508. The van der Waals surface area contributed by atoms with Gasteiger partial charge in [-0.25, -0.2) is 0 Å². The third kappa shape index (κ3) is 1.37. The second kappa shape index (κ2) is 2.50. The van der Waals surface area contributed by atoms with Crippen LogP contribution in [0.3, 0.4) is 0 Å². The Morgan fingerprint density at radius 3 is 3.38 bits per heavy atom. The molecule has 0 saturated carbocycles. The molecule has 0 N–H and O–H groups in total. The van der Waals surface area contributed by atoms with Crippen LogP contribution in [0.15, 0.2) is 28.8 Å². The number of hydrogen-bond donors (Lipinski definition) is 0. The standard InChI is InChI=1S/C6H6BN/c7-6-3-1-2-4-8-5-6/h2-5H,1H2. The van der Waals surface area contributed by atoms with Crippen LogP contribution < -0.4 is 0 Å². The Labute approximate surface area is 50.2 Å². The first kappa shape index (κ1) is 5.35. The molecule has 0 aromatic carbocycles. The highest BCUT2D eigenvalue weighted by Crippen LogP contribution is 1.94. The van der Waals surface area contributed by atoms with Gasteiger partial charge < -0.3 is 0 Å². The van der Waals surface area contributed by atoms with Gasteiger partial charge in [-0.2, -0.15) is 0 Å². The number of rotatable bonds is 0. The van der Waals surface area contributed by atoms with Crippen LogP contribution in [-0.2, 0) is 0 Å². The Kier molecular flexibility index (Phi) is 1.68. The lowest BCUT2D eigenvalue weighted by Crippen LogP contribution is -1.78. The lowest BCUT2D eigenvalue weighted by molar-refractivity contribution is 1.38. The zero-order valence-corrected chi connectivity index (χ0v) is 4.54. The van der Waals surface area contributed by atoms with Crippen molar-refractivity contribution in [1.82, 2.24) is 0 Å². The van der Waals surface area contributed by atoms with Gasteiger partial charge >= 0.3 is 0 Å². The van der Waals surface area contributed by atoms with Crippen molar-refractivity contribution in [2.45, 2.75) is 6.42 Å². The Hall–Kier alpha value is -0.785. The summed E-state index contributed by atoms with van der Waals surface area (Å²) in [5.74, 6) is 0. The second-order valence-electron chi connectivity index (χ2n) is 1.60. The molecule has 1 aliphatic rings. The molecule has 1 heterocycles. The van der Waals surface area contributed by atoms with Crippen molar-refractivity contribution in [2.24, 2.45) is 4.99 Å². The number of hydrogen-bond acceptors (Lipinski definition) is 1. The number of nitrogens with zero attached hydrogens (tertiary/aromatic N) is 1. The van der Waals surface area contributed by atoms with Crippen LogP contribution in [0, 0.1) is 0 Å². The van der Waals surface area contributed by atoms with E-state index in [1.54, 1.807) is 12.4 Å². The minimum atomic E-state index is 0.745. The van der Waals surface area contributed by atoms with Gasteiger partial charge in [0.25, 0.3) is 0 Å². The largest absolute Gasteiger partial charge is 0.266 e. The van der Waals surface area contributed by atoms with E-state index in [9.17, 15) is 0 Å². The highest BCUT2D eigenvalue weighted by Gasteiger charge is 1.81. The molecular formula is C6H6BN. The lowest BCUT2D eigenvalue weighted by atomic mass is 9.96. The molecule has 0 spiro atoms. The average Bonchev–Trinajstić information content (AvgIpc) is 1.94. The summed E-state index contributed by atoms with van der Waals surface area (Å²) >= 11 is 0. The summed E-state index contributed by atoms with van der Waals surface area (Å²) in [5, 5.41) is 0. The average molecular weight is 103 g/mol. The van der Waals surface area contributed by atoms with Crippen molar-refractivity contribution in [1.29, 1.82) is 0 Å². The van der Waals surface area contributed by atoms with E-state index in [2.05, 4.69) is 4.99 Å². The van der Waals surface area contributed by atoms with Gasteiger partial charge in [-0.1, -0.05) is 17.6 Å². The van der Waals surface area contributed by atoms with Gasteiger partial charge in [-0.15, -0.1) is 0 Å². The van der Waals surface area contributed by atoms with Crippen molar-refractivity contribution in [3.63, 3.8) is 0 Å². The summed E-state index contributed by atoms with van der Waals surface area (Å²) in [4.78, 5) is 3.85. The van der Waals surface area contributed by atoms with Crippen molar-refractivity contribution < 1.29 is 0 Å². The van der Waals surface area contributed by atoms with E-state index in [4.69, 9.17) is 7.85 Å². The zero-order chi connectivity index (χ0) is 5.82. The number of allylic oxidation sites excluding steroid dienone is 3. The molecular weight excluding hydrogens is 96.9 g/mol.